The fourth-order valence-corrected chi connectivity index (χ4v) is 6.23. The Bertz CT molecular complexity index is 767. The number of thiol groups is 1. The highest BCUT2D eigenvalue weighted by atomic mass is 35.5. The maximum Gasteiger partial charge on any atom is 0.119 e. The molecule has 2 aromatic carbocycles. The van der Waals surface area contributed by atoms with Crippen molar-refractivity contribution < 1.29 is 20.1 Å². The topological polar surface area (TPSA) is 69.9 Å². The van der Waals surface area contributed by atoms with Crippen LogP contribution in [0.3, 0.4) is 0 Å². The molecule has 0 radical (unpaired) electrons. The summed E-state index contributed by atoms with van der Waals surface area (Å²) in [6.45, 7) is 2.59. The minimum Gasteiger partial charge on any atom is -0.494 e. The third kappa shape index (κ3) is 4.61. The van der Waals surface area contributed by atoms with Crippen molar-refractivity contribution in [3.8, 4) is 5.75 Å². The predicted octanol–water partition coefficient (Wildman–Crippen LogP) is 3.10. The van der Waals surface area contributed by atoms with Crippen LogP contribution >= 0.6 is 22.5 Å². The molecule has 0 bridgehead atoms. The van der Waals surface area contributed by atoms with Crippen molar-refractivity contribution in [3.05, 3.63) is 64.2 Å². The van der Waals surface area contributed by atoms with Crippen molar-refractivity contribution in [2.24, 2.45) is 0 Å². The van der Waals surface area contributed by atoms with E-state index in [0.29, 0.717) is 23.8 Å². The molecule has 1 saturated heterocycles. The lowest BCUT2D eigenvalue weighted by Gasteiger charge is -2.42. The van der Waals surface area contributed by atoms with Crippen LogP contribution < -0.4 is 4.74 Å². The van der Waals surface area contributed by atoms with E-state index in [1.165, 1.54) is 0 Å². The smallest absolute Gasteiger partial charge is 0.119 e. The van der Waals surface area contributed by atoms with Gasteiger partial charge in [0.25, 0.3) is 0 Å². The zero-order chi connectivity index (χ0) is 19.6. The molecule has 0 spiro atoms. The van der Waals surface area contributed by atoms with E-state index in [0.717, 1.165) is 22.4 Å². The first kappa shape index (κ1) is 20.5. The highest BCUT2D eigenvalue weighted by Crippen LogP contribution is 2.48. The molecule has 27 heavy (non-hydrogen) atoms. The van der Waals surface area contributed by atoms with E-state index < -0.39 is 29.2 Å². The van der Waals surface area contributed by atoms with Gasteiger partial charge in [-0.05, 0) is 54.5 Å². The van der Waals surface area contributed by atoms with E-state index in [9.17, 15) is 15.3 Å². The molecule has 1 aliphatic rings. The Balaban J connectivity index is 1.83. The van der Waals surface area contributed by atoms with Crippen molar-refractivity contribution >= 4 is 22.5 Å². The normalized spacial score (nSPS) is 29.5. The summed E-state index contributed by atoms with van der Waals surface area (Å²) in [6, 6.07) is 13.7. The fourth-order valence-electron chi connectivity index (χ4n) is 3.65. The summed E-state index contributed by atoms with van der Waals surface area (Å²) in [5, 5.41) is 31.0. The van der Waals surface area contributed by atoms with Crippen molar-refractivity contribution in [3.63, 3.8) is 0 Å². The number of benzene rings is 2. The second-order valence-corrected chi connectivity index (χ2v) is 9.88. The number of hydrogen-bond donors (Lipinski definition) is 4. The highest BCUT2D eigenvalue weighted by Gasteiger charge is 2.40. The van der Waals surface area contributed by atoms with Crippen LogP contribution in [0.4, 0.5) is 0 Å². The van der Waals surface area contributed by atoms with Crippen LogP contribution in [0, 0.1) is 0 Å². The summed E-state index contributed by atoms with van der Waals surface area (Å²) in [5.41, 5.74) is 3.07. The molecule has 0 saturated carbocycles. The van der Waals surface area contributed by atoms with E-state index in [1.54, 1.807) is 0 Å². The van der Waals surface area contributed by atoms with Gasteiger partial charge in [0, 0.05) is 16.0 Å². The van der Waals surface area contributed by atoms with Crippen LogP contribution in [-0.2, 0) is 6.42 Å². The molecular weight excluding hydrogens is 384 g/mol. The highest BCUT2D eigenvalue weighted by molar-refractivity contribution is 8.16. The van der Waals surface area contributed by atoms with Crippen LogP contribution in [0.2, 0.25) is 5.02 Å². The Hall–Kier alpha value is -1.24. The maximum atomic E-state index is 10.5. The van der Waals surface area contributed by atoms with Crippen molar-refractivity contribution in [2.75, 3.05) is 18.6 Å². The van der Waals surface area contributed by atoms with E-state index in [2.05, 4.69) is 6.26 Å². The van der Waals surface area contributed by atoms with E-state index in [1.807, 2.05) is 49.4 Å². The van der Waals surface area contributed by atoms with Gasteiger partial charge in [0.2, 0.25) is 0 Å². The zero-order valence-electron chi connectivity index (χ0n) is 15.5. The molecular formula is C21H27ClO4S. The first-order valence-corrected chi connectivity index (χ1v) is 11.6. The third-order valence-electron chi connectivity index (χ3n) is 5.06. The van der Waals surface area contributed by atoms with Crippen LogP contribution in [0.25, 0.3) is 0 Å². The summed E-state index contributed by atoms with van der Waals surface area (Å²) in [7, 11) is -0.646. The Kier molecular flexibility index (Phi) is 6.71. The average Bonchev–Trinajstić information content (AvgIpc) is 2.64. The van der Waals surface area contributed by atoms with Crippen LogP contribution in [0.15, 0.2) is 42.5 Å². The number of aliphatic hydroxyl groups is 3. The Morgan fingerprint density at radius 2 is 1.78 bits per heavy atom. The number of aliphatic hydroxyl groups excluding tert-OH is 3. The Labute approximate surface area is 168 Å². The molecule has 3 N–H and O–H groups in total. The molecule has 3 rings (SSSR count). The van der Waals surface area contributed by atoms with Gasteiger partial charge >= 0.3 is 0 Å². The average molecular weight is 411 g/mol. The van der Waals surface area contributed by atoms with Gasteiger partial charge < -0.3 is 20.1 Å². The fraction of sp³-hybridized carbons (Fsp3) is 0.429. The minimum atomic E-state index is -1.11. The quantitative estimate of drug-likeness (QED) is 0.572. The van der Waals surface area contributed by atoms with Gasteiger partial charge in [-0.2, -0.15) is 0 Å². The molecule has 148 valence electrons. The Morgan fingerprint density at radius 1 is 1.07 bits per heavy atom. The molecule has 1 heterocycles. The molecule has 6 heteroatoms. The van der Waals surface area contributed by atoms with Gasteiger partial charge in [-0.15, -0.1) is 0 Å². The summed E-state index contributed by atoms with van der Waals surface area (Å²) < 4.78 is 5.48. The van der Waals surface area contributed by atoms with E-state index >= 15 is 0 Å². The van der Waals surface area contributed by atoms with Crippen LogP contribution in [0.1, 0.15) is 28.9 Å². The van der Waals surface area contributed by atoms with Crippen molar-refractivity contribution in [2.45, 2.75) is 36.9 Å². The standard InChI is InChI=1S/C21H27ClO4S/c1-3-26-16-7-4-13(5-8-16)10-15-11-14(6-9-17(15)22)21-20(25)19(24)18(23)12-27(21)2/h4-9,11,18-21,23-25,27H,3,10,12H2,1-2H3/t18-,19-,20-,21+/m1/s1. The molecule has 1 unspecified atom stereocenters. The Morgan fingerprint density at radius 3 is 2.44 bits per heavy atom. The summed E-state index contributed by atoms with van der Waals surface area (Å²) in [4.78, 5) is 0. The van der Waals surface area contributed by atoms with Crippen LogP contribution in [0.5, 0.6) is 5.75 Å². The first-order valence-electron chi connectivity index (χ1n) is 9.15. The maximum absolute atomic E-state index is 10.5. The summed E-state index contributed by atoms with van der Waals surface area (Å²) in [6.07, 6.45) is -0.209. The van der Waals surface area contributed by atoms with E-state index in [-0.39, 0.29) is 5.25 Å². The molecule has 2 aromatic rings. The molecule has 5 atom stereocenters. The molecule has 1 fully saturated rings. The van der Waals surface area contributed by atoms with Gasteiger partial charge in [0.15, 0.2) is 0 Å². The monoisotopic (exact) mass is 410 g/mol. The summed E-state index contributed by atoms with van der Waals surface area (Å²) in [5.74, 6) is 1.37. The van der Waals surface area contributed by atoms with Gasteiger partial charge in [0.1, 0.15) is 11.9 Å². The van der Waals surface area contributed by atoms with Gasteiger partial charge in [0.05, 0.1) is 18.8 Å². The summed E-state index contributed by atoms with van der Waals surface area (Å²) >= 11 is 6.42. The van der Waals surface area contributed by atoms with Crippen molar-refractivity contribution in [1.29, 1.82) is 0 Å². The number of ether oxygens (including phenoxy) is 1. The SMILES string of the molecule is CCOc1ccc(Cc2cc([C@H]3[C@H](O)[C@H](O)[C@H](O)C[SH]3C)ccc2Cl)cc1. The molecule has 4 nitrogen and oxygen atoms in total. The third-order valence-corrected chi connectivity index (χ3v) is 7.93. The second kappa shape index (κ2) is 8.84. The number of halogens is 1. The lowest BCUT2D eigenvalue weighted by Crippen LogP contribution is -2.47. The van der Waals surface area contributed by atoms with E-state index in [4.69, 9.17) is 16.3 Å². The predicted molar refractivity (Wildman–Crippen MR) is 112 cm³/mol. The number of rotatable bonds is 5. The molecule has 0 amide bonds. The van der Waals surface area contributed by atoms with Crippen molar-refractivity contribution in [1.82, 2.24) is 0 Å². The largest absolute Gasteiger partial charge is 0.494 e. The first-order chi connectivity index (χ1) is 12.9. The van der Waals surface area contributed by atoms with Gasteiger partial charge in [-0.3, -0.25) is 0 Å². The molecule has 0 aromatic heterocycles. The zero-order valence-corrected chi connectivity index (χ0v) is 17.2. The van der Waals surface area contributed by atoms with Crippen LogP contribution in [-0.4, -0.2) is 52.2 Å². The number of hydrogen-bond acceptors (Lipinski definition) is 4. The lowest BCUT2D eigenvalue weighted by molar-refractivity contribution is -0.0561. The lowest BCUT2D eigenvalue weighted by atomic mass is 9.96. The van der Waals surface area contributed by atoms with Gasteiger partial charge in [-0.1, -0.05) is 35.9 Å². The minimum absolute atomic E-state index is 0.172. The molecule has 0 aliphatic carbocycles. The van der Waals surface area contributed by atoms with Gasteiger partial charge in [-0.25, -0.2) is 10.9 Å². The second-order valence-electron chi connectivity index (χ2n) is 7.04. The molecule has 1 aliphatic heterocycles.